The van der Waals surface area contributed by atoms with E-state index in [2.05, 4.69) is 32.9 Å². The van der Waals surface area contributed by atoms with Gasteiger partial charge in [-0.3, -0.25) is 9.69 Å². The monoisotopic (exact) mass is 452 g/mol. The van der Waals surface area contributed by atoms with Gasteiger partial charge in [-0.2, -0.15) is 0 Å². The van der Waals surface area contributed by atoms with Crippen molar-refractivity contribution in [3.05, 3.63) is 64.1 Å². The highest BCUT2D eigenvalue weighted by Gasteiger charge is 2.33. The maximum absolute atomic E-state index is 13.3. The molecule has 5 nitrogen and oxygen atoms in total. The molecule has 1 fully saturated rings. The zero-order chi connectivity index (χ0) is 23.1. The van der Waals surface area contributed by atoms with Crippen LogP contribution in [-0.2, 0) is 9.53 Å². The Morgan fingerprint density at radius 1 is 1.12 bits per heavy atom. The lowest BCUT2D eigenvalue weighted by Crippen LogP contribution is -2.32. The van der Waals surface area contributed by atoms with Gasteiger partial charge in [-0.25, -0.2) is 4.99 Å². The van der Waals surface area contributed by atoms with E-state index < -0.39 is 0 Å². The zero-order valence-electron chi connectivity index (χ0n) is 19.6. The second kappa shape index (κ2) is 11.3. The predicted molar refractivity (Wildman–Crippen MR) is 134 cm³/mol. The number of hydrogen-bond acceptors (Lipinski definition) is 5. The van der Waals surface area contributed by atoms with E-state index in [1.807, 2.05) is 50.3 Å². The second-order valence-corrected chi connectivity index (χ2v) is 8.84. The van der Waals surface area contributed by atoms with Crippen LogP contribution in [-0.4, -0.2) is 42.3 Å². The summed E-state index contributed by atoms with van der Waals surface area (Å²) in [6, 6.07) is 13.9. The fourth-order valence-corrected chi connectivity index (χ4v) is 4.46. The molecule has 0 aliphatic carbocycles. The third kappa shape index (κ3) is 5.81. The van der Waals surface area contributed by atoms with Crippen molar-refractivity contribution >= 4 is 34.6 Å². The first-order valence-electron chi connectivity index (χ1n) is 11.1. The molecule has 1 aliphatic rings. The van der Waals surface area contributed by atoms with E-state index in [1.165, 1.54) is 11.8 Å². The number of hydrogen-bond donors (Lipinski definition) is 0. The molecule has 1 saturated heterocycles. The van der Waals surface area contributed by atoms with Crippen molar-refractivity contribution < 1.29 is 14.3 Å². The highest BCUT2D eigenvalue weighted by Crippen LogP contribution is 2.36. The van der Waals surface area contributed by atoms with Gasteiger partial charge in [-0.15, -0.1) is 0 Å². The van der Waals surface area contributed by atoms with E-state index >= 15 is 0 Å². The Bertz CT molecular complexity index is 1000. The molecule has 2 aromatic carbocycles. The number of benzene rings is 2. The van der Waals surface area contributed by atoms with Crippen LogP contribution in [0.1, 0.15) is 50.3 Å². The summed E-state index contributed by atoms with van der Waals surface area (Å²) in [4.78, 5) is 20.4. The number of amidine groups is 1. The lowest BCUT2D eigenvalue weighted by atomic mass is 9.96. The maximum atomic E-state index is 13.3. The second-order valence-electron chi connectivity index (χ2n) is 7.83. The number of aliphatic imine (C=N–C) groups is 1. The van der Waals surface area contributed by atoms with Crippen LogP contribution in [0.4, 0.5) is 5.69 Å². The Balaban J connectivity index is 1.97. The Morgan fingerprint density at radius 3 is 2.53 bits per heavy atom. The molecule has 0 saturated carbocycles. The molecule has 6 heteroatoms. The lowest BCUT2D eigenvalue weighted by molar-refractivity contribution is -0.122. The number of nitrogens with zero attached hydrogens (tertiary/aromatic N) is 2. The SMILES string of the molecule is CCOCCN1C(=O)/C(=C/c2cc(C(C)C)c(OCC)cc2C)SC1=Nc1ccccc1. The minimum atomic E-state index is -0.0382. The van der Waals surface area contributed by atoms with Gasteiger partial charge in [0.1, 0.15) is 5.75 Å². The Morgan fingerprint density at radius 2 is 1.88 bits per heavy atom. The highest BCUT2D eigenvalue weighted by molar-refractivity contribution is 8.18. The number of ether oxygens (including phenoxy) is 2. The smallest absolute Gasteiger partial charge is 0.266 e. The summed E-state index contributed by atoms with van der Waals surface area (Å²) in [5, 5.41) is 0.680. The standard InChI is InChI=1S/C26H32N2O3S/c1-6-30-14-13-28-25(29)24(32-26(28)27-21-11-9-8-10-12-21)17-20-16-22(18(3)4)23(31-7-2)15-19(20)5/h8-12,15-18H,6-7,13-14H2,1-5H3/b24-17-,27-26?. The number of rotatable bonds is 9. The van der Waals surface area contributed by atoms with Crippen LogP contribution in [0.5, 0.6) is 5.75 Å². The third-order valence-corrected chi connectivity index (χ3v) is 6.15. The predicted octanol–water partition coefficient (Wildman–Crippen LogP) is 6.16. The summed E-state index contributed by atoms with van der Waals surface area (Å²) >= 11 is 1.41. The van der Waals surface area contributed by atoms with Gasteiger partial charge in [-0.05, 0) is 85.5 Å². The van der Waals surface area contributed by atoms with Crippen LogP contribution in [0.3, 0.4) is 0 Å². The first-order chi connectivity index (χ1) is 15.4. The van der Waals surface area contributed by atoms with Crippen LogP contribution in [0.25, 0.3) is 6.08 Å². The van der Waals surface area contributed by atoms with Gasteiger partial charge in [0.15, 0.2) is 5.17 Å². The van der Waals surface area contributed by atoms with E-state index in [1.54, 1.807) is 4.90 Å². The van der Waals surface area contributed by atoms with E-state index in [4.69, 9.17) is 14.5 Å². The Hall–Kier alpha value is -2.57. The number of amides is 1. The number of thioether (sulfide) groups is 1. The molecule has 1 amide bonds. The van der Waals surface area contributed by atoms with Crippen molar-refractivity contribution in [3.63, 3.8) is 0 Å². The molecule has 0 unspecified atom stereocenters. The van der Waals surface area contributed by atoms with Gasteiger partial charge in [0.25, 0.3) is 5.91 Å². The molecule has 32 heavy (non-hydrogen) atoms. The van der Waals surface area contributed by atoms with E-state index in [9.17, 15) is 4.79 Å². The van der Waals surface area contributed by atoms with Gasteiger partial charge >= 0.3 is 0 Å². The van der Waals surface area contributed by atoms with Crippen LogP contribution in [0.2, 0.25) is 0 Å². The molecule has 170 valence electrons. The molecule has 0 radical (unpaired) electrons. The molecule has 1 heterocycles. The number of carbonyl (C=O) groups excluding carboxylic acids is 1. The van der Waals surface area contributed by atoms with E-state index in [0.717, 1.165) is 28.1 Å². The quantitative estimate of drug-likeness (QED) is 0.338. The Labute approximate surface area is 195 Å². The van der Waals surface area contributed by atoms with E-state index in [-0.39, 0.29) is 5.91 Å². The topological polar surface area (TPSA) is 51.1 Å². The number of para-hydroxylation sites is 1. The van der Waals surface area contributed by atoms with Crippen LogP contribution in [0.15, 0.2) is 52.4 Å². The third-order valence-electron chi connectivity index (χ3n) is 5.14. The molecule has 0 aromatic heterocycles. The molecule has 0 N–H and O–H groups in total. The van der Waals surface area contributed by atoms with Crippen molar-refractivity contribution in [2.45, 2.75) is 40.5 Å². The summed E-state index contributed by atoms with van der Waals surface area (Å²) < 4.78 is 11.3. The first kappa shape index (κ1) is 24.1. The van der Waals surface area contributed by atoms with Gasteiger partial charge in [0.05, 0.1) is 30.4 Å². The average molecular weight is 453 g/mol. The van der Waals surface area contributed by atoms with Crippen molar-refractivity contribution in [2.24, 2.45) is 4.99 Å². The van der Waals surface area contributed by atoms with Crippen molar-refractivity contribution in [1.82, 2.24) is 4.90 Å². The minimum Gasteiger partial charge on any atom is -0.494 e. The van der Waals surface area contributed by atoms with Gasteiger partial charge in [-0.1, -0.05) is 32.0 Å². The van der Waals surface area contributed by atoms with Gasteiger partial charge in [0, 0.05) is 6.61 Å². The normalized spacial score (nSPS) is 16.6. The molecule has 0 bridgehead atoms. The molecular weight excluding hydrogens is 420 g/mol. The maximum Gasteiger partial charge on any atom is 0.266 e. The van der Waals surface area contributed by atoms with E-state index in [0.29, 0.717) is 42.4 Å². The molecule has 0 atom stereocenters. The summed E-state index contributed by atoms with van der Waals surface area (Å²) in [6.07, 6.45) is 1.98. The number of carbonyl (C=O) groups is 1. The van der Waals surface area contributed by atoms with Gasteiger partial charge in [0.2, 0.25) is 0 Å². The summed E-state index contributed by atoms with van der Waals surface area (Å²) in [5.74, 6) is 1.19. The van der Waals surface area contributed by atoms with Crippen molar-refractivity contribution in [3.8, 4) is 5.75 Å². The minimum absolute atomic E-state index is 0.0382. The zero-order valence-corrected chi connectivity index (χ0v) is 20.4. The van der Waals surface area contributed by atoms with Crippen LogP contribution in [0, 0.1) is 6.92 Å². The molecule has 2 aromatic rings. The first-order valence-corrected chi connectivity index (χ1v) is 12.0. The van der Waals surface area contributed by atoms with Crippen LogP contribution >= 0.6 is 11.8 Å². The average Bonchev–Trinajstić information content (AvgIpc) is 3.05. The van der Waals surface area contributed by atoms with Crippen LogP contribution < -0.4 is 4.74 Å². The highest BCUT2D eigenvalue weighted by atomic mass is 32.2. The molecular formula is C26H32N2O3S. The molecule has 0 spiro atoms. The van der Waals surface area contributed by atoms with Crippen molar-refractivity contribution in [2.75, 3.05) is 26.4 Å². The Kier molecular flexibility index (Phi) is 8.53. The fraction of sp³-hybridized carbons (Fsp3) is 0.385. The molecule has 3 rings (SSSR count). The lowest BCUT2D eigenvalue weighted by Gasteiger charge is -2.16. The largest absolute Gasteiger partial charge is 0.494 e. The fourth-order valence-electron chi connectivity index (χ4n) is 3.45. The summed E-state index contributed by atoms with van der Waals surface area (Å²) in [5.41, 5.74) is 4.07. The summed E-state index contributed by atoms with van der Waals surface area (Å²) in [7, 11) is 0. The number of aryl methyl sites for hydroxylation is 1. The summed E-state index contributed by atoms with van der Waals surface area (Å²) in [6.45, 7) is 12.5. The molecule has 1 aliphatic heterocycles. The van der Waals surface area contributed by atoms with Gasteiger partial charge < -0.3 is 9.47 Å². The van der Waals surface area contributed by atoms with Crippen molar-refractivity contribution in [1.29, 1.82) is 0 Å².